The molecule has 1 unspecified atom stereocenters. The molecule has 0 aromatic carbocycles. The van der Waals surface area contributed by atoms with Gasteiger partial charge in [-0.25, -0.2) is 0 Å². The fraction of sp³-hybridized carbons (Fsp3) is 0.800. The Balaban J connectivity index is 2.49. The van der Waals surface area contributed by atoms with E-state index in [-0.39, 0.29) is 24.3 Å². The standard InChI is InChI=1S/C10H17NO3S/c1-3-11(6-9(12)14-2)10(13)8-4-5-15-7-8/h8H,3-7H2,1-2H3. The summed E-state index contributed by atoms with van der Waals surface area (Å²) in [5.74, 6) is 1.77. The summed E-state index contributed by atoms with van der Waals surface area (Å²) >= 11 is 1.80. The van der Waals surface area contributed by atoms with Gasteiger partial charge in [-0.2, -0.15) is 11.8 Å². The van der Waals surface area contributed by atoms with E-state index in [0.29, 0.717) is 6.54 Å². The molecule has 4 nitrogen and oxygen atoms in total. The van der Waals surface area contributed by atoms with Crippen molar-refractivity contribution in [2.45, 2.75) is 13.3 Å². The number of likely N-dealkylation sites (N-methyl/N-ethyl adjacent to an activating group) is 1. The van der Waals surface area contributed by atoms with Crippen molar-refractivity contribution in [2.75, 3.05) is 31.7 Å². The Morgan fingerprint density at radius 1 is 1.53 bits per heavy atom. The van der Waals surface area contributed by atoms with Crippen molar-refractivity contribution in [3.05, 3.63) is 0 Å². The second-order valence-electron chi connectivity index (χ2n) is 3.49. The highest BCUT2D eigenvalue weighted by Gasteiger charge is 2.27. The van der Waals surface area contributed by atoms with E-state index in [2.05, 4.69) is 4.74 Å². The van der Waals surface area contributed by atoms with Gasteiger partial charge in [-0.15, -0.1) is 0 Å². The molecular weight excluding hydrogens is 214 g/mol. The number of esters is 1. The summed E-state index contributed by atoms with van der Waals surface area (Å²) < 4.78 is 4.56. The number of rotatable bonds is 4. The van der Waals surface area contributed by atoms with E-state index in [4.69, 9.17) is 0 Å². The Bertz CT molecular complexity index is 239. The van der Waals surface area contributed by atoms with Crippen molar-refractivity contribution < 1.29 is 14.3 Å². The topological polar surface area (TPSA) is 46.6 Å². The van der Waals surface area contributed by atoms with E-state index in [1.165, 1.54) is 7.11 Å². The van der Waals surface area contributed by atoms with Gasteiger partial charge in [0, 0.05) is 18.2 Å². The average Bonchev–Trinajstić information content (AvgIpc) is 2.77. The summed E-state index contributed by atoms with van der Waals surface area (Å²) in [6.45, 7) is 2.52. The fourth-order valence-electron chi connectivity index (χ4n) is 1.55. The van der Waals surface area contributed by atoms with Crippen molar-refractivity contribution in [3.8, 4) is 0 Å². The van der Waals surface area contributed by atoms with Crippen LogP contribution in [0.1, 0.15) is 13.3 Å². The first-order chi connectivity index (χ1) is 7.19. The lowest BCUT2D eigenvalue weighted by molar-refractivity contribution is -0.148. The number of amides is 1. The molecule has 0 aromatic heterocycles. The maximum atomic E-state index is 11.9. The summed E-state index contributed by atoms with van der Waals surface area (Å²) in [6.07, 6.45) is 0.932. The van der Waals surface area contributed by atoms with Gasteiger partial charge < -0.3 is 9.64 Å². The van der Waals surface area contributed by atoms with Crippen molar-refractivity contribution >= 4 is 23.6 Å². The number of hydrogen-bond donors (Lipinski definition) is 0. The zero-order chi connectivity index (χ0) is 11.3. The minimum Gasteiger partial charge on any atom is -0.468 e. The first-order valence-electron chi connectivity index (χ1n) is 5.12. The van der Waals surface area contributed by atoms with Gasteiger partial charge in [0.15, 0.2) is 0 Å². The third kappa shape index (κ3) is 3.41. The van der Waals surface area contributed by atoms with E-state index in [9.17, 15) is 9.59 Å². The summed E-state index contributed by atoms with van der Waals surface area (Å²) in [7, 11) is 1.34. The fourth-order valence-corrected chi connectivity index (χ4v) is 2.77. The molecule has 0 aromatic rings. The van der Waals surface area contributed by atoms with E-state index in [1.807, 2.05) is 6.92 Å². The van der Waals surface area contributed by atoms with Crippen LogP contribution in [0, 0.1) is 5.92 Å². The number of nitrogens with zero attached hydrogens (tertiary/aromatic N) is 1. The quantitative estimate of drug-likeness (QED) is 0.670. The summed E-state index contributed by atoms with van der Waals surface area (Å²) in [5, 5.41) is 0. The van der Waals surface area contributed by atoms with Gasteiger partial charge in [-0.1, -0.05) is 0 Å². The maximum Gasteiger partial charge on any atom is 0.325 e. The largest absolute Gasteiger partial charge is 0.468 e. The molecule has 1 fully saturated rings. The molecule has 1 heterocycles. The molecule has 0 saturated carbocycles. The van der Waals surface area contributed by atoms with E-state index in [1.54, 1.807) is 16.7 Å². The SMILES string of the molecule is CCN(CC(=O)OC)C(=O)C1CCSC1. The van der Waals surface area contributed by atoms with Crippen LogP contribution in [0.15, 0.2) is 0 Å². The summed E-state index contributed by atoms with van der Waals surface area (Å²) in [6, 6.07) is 0. The molecule has 1 aliphatic heterocycles. The van der Waals surface area contributed by atoms with Gasteiger partial charge in [0.05, 0.1) is 7.11 Å². The molecule has 1 amide bonds. The molecule has 0 N–H and O–H groups in total. The van der Waals surface area contributed by atoms with Crippen LogP contribution >= 0.6 is 11.8 Å². The van der Waals surface area contributed by atoms with Gasteiger partial charge in [-0.3, -0.25) is 9.59 Å². The van der Waals surface area contributed by atoms with Crippen molar-refractivity contribution in [1.82, 2.24) is 4.90 Å². The third-order valence-electron chi connectivity index (χ3n) is 2.52. The predicted molar refractivity (Wildman–Crippen MR) is 59.7 cm³/mol. The Morgan fingerprint density at radius 3 is 2.73 bits per heavy atom. The van der Waals surface area contributed by atoms with Crippen LogP contribution in [0.4, 0.5) is 0 Å². The van der Waals surface area contributed by atoms with Crippen molar-refractivity contribution in [3.63, 3.8) is 0 Å². The lowest BCUT2D eigenvalue weighted by atomic mass is 10.1. The monoisotopic (exact) mass is 231 g/mol. The molecule has 15 heavy (non-hydrogen) atoms. The minimum absolute atomic E-state index is 0.0764. The van der Waals surface area contributed by atoms with E-state index < -0.39 is 0 Å². The Hall–Kier alpha value is -0.710. The molecule has 86 valence electrons. The highest BCUT2D eigenvalue weighted by Crippen LogP contribution is 2.25. The lowest BCUT2D eigenvalue weighted by Crippen LogP contribution is -2.39. The van der Waals surface area contributed by atoms with Crippen LogP contribution in [-0.4, -0.2) is 48.5 Å². The van der Waals surface area contributed by atoms with Crippen LogP contribution < -0.4 is 0 Å². The Morgan fingerprint density at radius 2 is 2.27 bits per heavy atom. The number of hydrogen-bond acceptors (Lipinski definition) is 4. The second-order valence-corrected chi connectivity index (χ2v) is 4.64. The average molecular weight is 231 g/mol. The summed E-state index contributed by atoms with van der Waals surface area (Å²) in [4.78, 5) is 24.6. The van der Waals surface area contributed by atoms with Crippen molar-refractivity contribution in [1.29, 1.82) is 0 Å². The predicted octanol–water partition coefficient (Wildman–Crippen LogP) is 0.761. The lowest BCUT2D eigenvalue weighted by Gasteiger charge is -2.22. The molecule has 1 saturated heterocycles. The van der Waals surface area contributed by atoms with Gasteiger partial charge in [0.25, 0.3) is 0 Å². The molecule has 1 rings (SSSR count). The van der Waals surface area contributed by atoms with Crippen LogP contribution in [0.3, 0.4) is 0 Å². The smallest absolute Gasteiger partial charge is 0.325 e. The molecule has 1 atom stereocenters. The third-order valence-corrected chi connectivity index (χ3v) is 3.68. The van der Waals surface area contributed by atoms with E-state index in [0.717, 1.165) is 17.9 Å². The molecule has 1 aliphatic rings. The Kier molecular flexibility index (Phi) is 4.94. The number of carbonyl (C=O) groups is 2. The summed E-state index contributed by atoms with van der Waals surface area (Å²) in [5.41, 5.74) is 0. The molecule has 0 aliphatic carbocycles. The maximum absolute atomic E-state index is 11.9. The minimum atomic E-state index is -0.351. The molecular formula is C10H17NO3S. The zero-order valence-corrected chi connectivity index (χ0v) is 10.0. The number of carbonyl (C=O) groups excluding carboxylic acids is 2. The number of ether oxygens (including phenoxy) is 1. The normalized spacial score (nSPS) is 20.0. The highest BCUT2D eigenvalue weighted by molar-refractivity contribution is 7.99. The van der Waals surface area contributed by atoms with Gasteiger partial charge >= 0.3 is 5.97 Å². The number of methoxy groups -OCH3 is 1. The van der Waals surface area contributed by atoms with Gasteiger partial charge in [0.2, 0.25) is 5.91 Å². The van der Waals surface area contributed by atoms with Crippen molar-refractivity contribution in [2.24, 2.45) is 5.92 Å². The van der Waals surface area contributed by atoms with Crippen LogP contribution in [0.5, 0.6) is 0 Å². The van der Waals surface area contributed by atoms with Crippen LogP contribution in [0.2, 0.25) is 0 Å². The van der Waals surface area contributed by atoms with E-state index >= 15 is 0 Å². The zero-order valence-electron chi connectivity index (χ0n) is 9.19. The first-order valence-corrected chi connectivity index (χ1v) is 6.27. The first kappa shape index (κ1) is 12.4. The molecule has 5 heteroatoms. The molecule has 0 bridgehead atoms. The van der Waals surface area contributed by atoms with Crippen LogP contribution in [-0.2, 0) is 14.3 Å². The molecule has 0 spiro atoms. The second kappa shape index (κ2) is 6.00. The van der Waals surface area contributed by atoms with Gasteiger partial charge in [-0.05, 0) is 19.1 Å². The highest BCUT2D eigenvalue weighted by atomic mass is 32.2. The van der Waals surface area contributed by atoms with Gasteiger partial charge in [0.1, 0.15) is 6.54 Å². The Labute approximate surface area is 94.3 Å². The molecule has 0 radical (unpaired) electrons. The van der Waals surface area contributed by atoms with Crippen LogP contribution in [0.25, 0.3) is 0 Å². The number of thioether (sulfide) groups is 1.